The van der Waals surface area contributed by atoms with E-state index in [1.54, 1.807) is 24.3 Å². The van der Waals surface area contributed by atoms with Crippen molar-refractivity contribution in [3.63, 3.8) is 0 Å². The molecule has 0 radical (unpaired) electrons. The maximum Gasteiger partial charge on any atom is 0.335 e. The van der Waals surface area contributed by atoms with Gasteiger partial charge >= 0.3 is 11.9 Å². The van der Waals surface area contributed by atoms with E-state index in [0.29, 0.717) is 16.4 Å². The fourth-order valence-corrected chi connectivity index (χ4v) is 2.28. The number of carbonyl (C=O) groups is 2. The van der Waals surface area contributed by atoms with Gasteiger partial charge in [-0.3, -0.25) is 4.57 Å². The smallest absolute Gasteiger partial charge is 0.335 e. The molecule has 0 bridgehead atoms. The normalized spacial score (nSPS) is 10.4. The van der Waals surface area contributed by atoms with E-state index in [4.69, 9.17) is 10.2 Å². The number of aromatic carboxylic acids is 2. The summed E-state index contributed by atoms with van der Waals surface area (Å²) in [5.74, 6) is -2.43. The molecule has 0 aliphatic heterocycles. The average Bonchev–Trinajstić information content (AvgIpc) is 2.46. The van der Waals surface area contributed by atoms with Crippen molar-refractivity contribution < 1.29 is 24.4 Å². The highest BCUT2D eigenvalue weighted by Gasteiger charge is 2.14. The lowest BCUT2D eigenvalue weighted by Gasteiger charge is -2.07. The predicted molar refractivity (Wildman–Crippen MR) is 73.0 cm³/mol. The van der Waals surface area contributed by atoms with Crippen molar-refractivity contribution in [1.82, 2.24) is 0 Å². The van der Waals surface area contributed by atoms with Crippen LogP contribution in [0.4, 0.5) is 0 Å². The molecule has 0 spiro atoms. The number of hydrogen-bond acceptors (Lipinski definition) is 3. The first kappa shape index (κ1) is 13.9. The van der Waals surface area contributed by atoms with Crippen LogP contribution in [0.5, 0.6) is 0 Å². The highest BCUT2D eigenvalue weighted by molar-refractivity contribution is 7.34. The zero-order valence-corrected chi connectivity index (χ0v) is 11.0. The maximum atomic E-state index is 11.1. The minimum absolute atomic E-state index is 0.128. The zero-order valence-electron chi connectivity index (χ0n) is 10.1. The maximum absolute atomic E-state index is 11.1. The second kappa shape index (κ2) is 5.63. The quantitative estimate of drug-likeness (QED) is 0.844. The van der Waals surface area contributed by atoms with Crippen LogP contribution in [0.3, 0.4) is 0 Å². The molecule has 0 unspecified atom stereocenters. The number of carboxylic acid groups (broad SMARTS) is 2. The first-order valence-corrected chi connectivity index (χ1v) is 6.38. The van der Waals surface area contributed by atoms with Gasteiger partial charge in [-0.05, 0) is 35.4 Å². The molecule has 2 aromatic carbocycles. The fraction of sp³-hybridized carbons (Fsp3) is 0. The Hall–Kier alpha value is -2.52. The Balaban J connectivity index is 2.70. The third-order valence-electron chi connectivity index (χ3n) is 2.74. The minimum Gasteiger partial charge on any atom is -0.478 e. The third kappa shape index (κ3) is 2.73. The molecule has 20 heavy (non-hydrogen) atoms. The number of carboxylic acids is 2. The molecule has 2 aromatic rings. The van der Waals surface area contributed by atoms with E-state index in [1.807, 2.05) is 0 Å². The Morgan fingerprint density at radius 1 is 0.900 bits per heavy atom. The molecule has 0 aliphatic carbocycles. The van der Waals surface area contributed by atoms with Crippen LogP contribution >= 0.6 is 8.46 Å². The van der Waals surface area contributed by atoms with Crippen molar-refractivity contribution in [3.05, 3.63) is 53.6 Å². The minimum atomic E-state index is -1.22. The van der Waals surface area contributed by atoms with Crippen LogP contribution in [0.25, 0.3) is 11.1 Å². The van der Waals surface area contributed by atoms with Crippen molar-refractivity contribution in [3.8, 4) is 11.1 Å². The Morgan fingerprint density at radius 3 is 1.95 bits per heavy atom. The van der Waals surface area contributed by atoms with Crippen LogP contribution in [0.15, 0.2) is 42.5 Å². The lowest BCUT2D eigenvalue weighted by Crippen LogP contribution is -2.05. The van der Waals surface area contributed by atoms with E-state index in [1.165, 1.54) is 12.1 Å². The Labute approximate surface area is 115 Å². The first-order chi connectivity index (χ1) is 9.52. The van der Waals surface area contributed by atoms with E-state index < -0.39 is 11.9 Å². The molecule has 0 amide bonds. The molecule has 0 saturated carbocycles. The average molecular weight is 288 g/mol. The molecule has 0 heterocycles. The second-order valence-electron chi connectivity index (χ2n) is 4.02. The highest BCUT2D eigenvalue weighted by Crippen LogP contribution is 2.23. The van der Waals surface area contributed by atoms with Gasteiger partial charge in [0.2, 0.25) is 0 Å². The van der Waals surface area contributed by atoms with Gasteiger partial charge in [0.25, 0.3) is 0 Å². The molecular formula is C14H9O5P. The van der Waals surface area contributed by atoms with Gasteiger partial charge in [-0.2, -0.15) is 0 Å². The number of benzene rings is 2. The van der Waals surface area contributed by atoms with E-state index in [0.717, 1.165) is 6.07 Å². The van der Waals surface area contributed by atoms with Crippen LogP contribution in [0, 0.1) is 0 Å². The molecule has 0 atom stereocenters. The monoisotopic (exact) mass is 288 g/mol. The summed E-state index contributed by atoms with van der Waals surface area (Å²) >= 11 is 0. The molecule has 0 aromatic heterocycles. The topological polar surface area (TPSA) is 91.7 Å². The summed E-state index contributed by atoms with van der Waals surface area (Å²) in [5.41, 5.74) is 0.686. The van der Waals surface area contributed by atoms with Crippen molar-refractivity contribution in [1.29, 1.82) is 0 Å². The van der Waals surface area contributed by atoms with Crippen LogP contribution in [0.2, 0.25) is 0 Å². The van der Waals surface area contributed by atoms with Gasteiger partial charge in [-0.25, -0.2) is 9.59 Å². The molecule has 0 aliphatic rings. The molecule has 2 N–H and O–H groups in total. The van der Waals surface area contributed by atoms with Crippen LogP contribution < -0.4 is 5.30 Å². The van der Waals surface area contributed by atoms with E-state index >= 15 is 0 Å². The predicted octanol–water partition coefficient (Wildman–Crippen LogP) is 2.67. The number of hydrogen-bond donors (Lipinski definition) is 2. The molecule has 100 valence electrons. The Bertz CT molecular complexity index is 676. The molecule has 0 saturated heterocycles. The summed E-state index contributed by atoms with van der Waals surface area (Å²) in [6.07, 6.45) is 0. The van der Waals surface area contributed by atoms with E-state index in [9.17, 15) is 14.2 Å². The summed E-state index contributed by atoms with van der Waals surface area (Å²) in [5, 5.41) is 18.5. The summed E-state index contributed by atoms with van der Waals surface area (Å²) in [6.45, 7) is 0. The van der Waals surface area contributed by atoms with Gasteiger partial charge in [-0.15, -0.1) is 0 Å². The zero-order chi connectivity index (χ0) is 14.7. The standard InChI is InChI=1S/C14H9O5P/c15-13(16)9-5-8(6-10(7-9)14(17)18)11-3-1-2-4-12(11)20-19/h1-7H,(H,15,16)(H,17,18). The summed E-state index contributed by atoms with van der Waals surface area (Å²) in [4.78, 5) is 22.1. The van der Waals surface area contributed by atoms with Crippen LogP contribution in [0.1, 0.15) is 20.7 Å². The third-order valence-corrected chi connectivity index (χ3v) is 3.33. The molecule has 5 nitrogen and oxygen atoms in total. The van der Waals surface area contributed by atoms with Gasteiger partial charge in [0.1, 0.15) is 0 Å². The highest BCUT2D eigenvalue weighted by atomic mass is 31.1. The molecule has 0 fully saturated rings. The largest absolute Gasteiger partial charge is 0.478 e. The number of rotatable bonds is 4. The fourth-order valence-electron chi connectivity index (χ4n) is 1.83. The van der Waals surface area contributed by atoms with Crippen molar-refractivity contribution >= 4 is 25.7 Å². The van der Waals surface area contributed by atoms with E-state index in [-0.39, 0.29) is 19.6 Å². The summed E-state index contributed by atoms with van der Waals surface area (Å²) < 4.78 is 11.1. The van der Waals surface area contributed by atoms with Gasteiger partial charge in [0, 0.05) is 0 Å². The first-order valence-electron chi connectivity index (χ1n) is 5.57. The van der Waals surface area contributed by atoms with Crippen LogP contribution in [-0.4, -0.2) is 22.2 Å². The van der Waals surface area contributed by atoms with Crippen LogP contribution in [-0.2, 0) is 4.57 Å². The molecule has 6 heteroatoms. The van der Waals surface area contributed by atoms with Gasteiger partial charge in [0.15, 0.2) is 8.46 Å². The van der Waals surface area contributed by atoms with Crippen molar-refractivity contribution in [2.75, 3.05) is 0 Å². The molecule has 2 rings (SSSR count). The lowest BCUT2D eigenvalue weighted by atomic mass is 9.99. The lowest BCUT2D eigenvalue weighted by molar-refractivity contribution is 0.0696. The summed E-state index contributed by atoms with van der Waals surface area (Å²) in [7, 11) is -0.217. The van der Waals surface area contributed by atoms with Gasteiger partial charge in [-0.1, -0.05) is 18.2 Å². The Kier molecular flexibility index (Phi) is 3.91. The van der Waals surface area contributed by atoms with Gasteiger partial charge in [0.05, 0.1) is 16.4 Å². The van der Waals surface area contributed by atoms with Gasteiger partial charge < -0.3 is 10.2 Å². The second-order valence-corrected chi connectivity index (χ2v) is 4.68. The summed E-state index contributed by atoms with van der Waals surface area (Å²) in [6, 6.07) is 10.5. The SMILES string of the molecule is O=Pc1ccccc1-c1cc(C(=O)O)cc(C(=O)O)c1. The Morgan fingerprint density at radius 2 is 1.45 bits per heavy atom. The van der Waals surface area contributed by atoms with E-state index in [2.05, 4.69) is 0 Å². The molecular weight excluding hydrogens is 279 g/mol. The van der Waals surface area contributed by atoms with Crippen molar-refractivity contribution in [2.24, 2.45) is 0 Å². The van der Waals surface area contributed by atoms with Crippen molar-refractivity contribution in [2.45, 2.75) is 0 Å².